The van der Waals surface area contributed by atoms with Crippen LogP contribution in [0.1, 0.15) is 31.7 Å². The van der Waals surface area contributed by atoms with Crippen LogP contribution in [0.25, 0.3) is 0 Å². The Hall–Kier alpha value is -1.42. The molecule has 2 unspecified atom stereocenters. The monoisotopic (exact) mass is 292 g/mol. The van der Waals surface area contributed by atoms with Crippen molar-refractivity contribution in [2.24, 2.45) is 5.92 Å². The normalized spacial score (nSPS) is 19.8. The second kappa shape index (κ2) is 7.55. The first kappa shape index (κ1) is 16.0. The zero-order valence-corrected chi connectivity index (χ0v) is 12.9. The maximum Gasteiger partial charge on any atom is 0.225 e. The number of halogens is 1. The van der Waals surface area contributed by atoms with Crippen LogP contribution in [0.4, 0.5) is 4.39 Å². The highest BCUT2D eigenvalue weighted by atomic mass is 19.1. The Kier molecular flexibility index (Phi) is 5.74. The van der Waals surface area contributed by atoms with Crippen LogP contribution < -0.4 is 5.32 Å². The predicted molar refractivity (Wildman–Crippen MR) is 82.5 cm³/mol. The van der Waals surface area contributed by atoms with Gasteiger partial charge >= 0.3 is 0 Å². The number of hydrogen-bond acceptors (Lipinski definition) is 2. The van der Waals surface area contributed by atoms with Crippen molar-refractivity contribution in [2.75, 3.05) is 20.1 Å². The summed E-state index contributed by atoms with van der Waals surface area (Å²) in [4.78, 5) is 14.6. The number of hydrogen-bond donors (Lipinski definition) is 1. The zero-order chi connectivity index (χ0) is 15.2. The van der Waals surface area contributed by atoms with Crippen LogP contribution >= 0.6 is 0 Å². The van der Waals surface area contributed by atoms with Crippen LogP contribution in [-0.4, -0.2) is 37.0 Å². The molecular weight excluding hydrogens is 267 g/mol. The molecular formula is C17H25FN2O. The second-order valence-electron chi connectivity index (χ2n) is 5.96. The third-order valence-corrected chi connectivity index (χ3v) is 4.28. The maximum atomic E-state index is 13.1. The molecule has 4 heteroatoms. The van der Waals surface area contributed by atoms with E-state index in [0.29, 0.717) is 6.04 Å². The van der Waals surface area contributed by atoms with Gasteiger partial charge in [-0.3, -0.25) is 4.79 Å². The number of nitrogens with zero attached hydrogens (tertiary/aromatic N) is 1. The Labute approximate surface area is 126 Å². The number of amides is 1. The molecule has 3 nitrogen and oxygen atoms in total. The van der Waals surface area contributed by atoms with Crippen LogP contribution in [-0.2, 0) is 11.2 Å². The fourth-order valence-corrected chi connectivity index (χ4v) is 3.06. The average Bonchev–Trinajstić information content (AvgIpc) is 2.92. The molecule has 1 fully saturated rings. The standard InChI is InChI=1S/C17H25FN2O/c1-13(8-9-14-5-3-6-15(18)11-14)17(21)20-10-4-7-16(20)12-19-2/h3,5-6,11,13,16,19H,4,7-10,12H2,1-2H3. The highest BCUT2D eigenvalue weighted by Crippen LogP contribution is 2.21. The molecule has 0 radical (unpaired) electrons. The minimum atomic E-state index is -0.208. The Morgan fingerprint density at radius 1 is 1.52 bits per heavy atom. The van der Waals surface area contributed by atoms with E-state index >= 15 is 0 Å². The molecule has 2 rings (SSSR count). The number of aryl methyl sites for hydroxylation is 1. The van der Waals surface area contributed by atoms with E-state index in [1.54, 1.807) is 12.1 Å². The lowest BCUT2D eigenvalue weighted by Gasteiger charge is -2.27. The lowest BCUT2D eigenvalue weighted by Crippen LogP contribution is -2.43. The van der Waals surface area contributed by atoms with Crippen molar-refractivity contribution >= 4 is 5.91 Å². The number of likely N-dealkylation sites (tertiary alicyclic amines) is 1. The van der Waals surface area contributed by atoms with E-state index in [-0.39, 0.29) is 17.6 Å². The minimum Gasteiger partial charge on any atom is -0.338 e. The van der Waals surface area contributed by atoms with Gasteiger partial charge in [0.05, 0.1) is 0 Å². The molecule has 0 spiro atoms. The fraction of sp³-hybridized carbons (Fsp3) is 0.588. The van der Waals surface area contributed by atoms with Crippen LogP contribution in [0.3, 0.4) is 0 Å². The van der Waals surface area contributed by atoms with E-state index in [1.165, 1.54) is 6.07 Å². The minimum absolute atomic E-state index is 0.00859. The number of benzene rings is 1. The van der Waals surface area contributed by atoms with Gasteiger partial charge in [0, 0.05) is 25.0 Å². The summed E-state index contributed by atoms with van der Waals surface area (Å²) in [5.74, 6) is 0.0231. The number of likely N-dealkylation sites (N-methyl/N-ethyl adjacent to an activating group) is 1. The summed E-state index contributed by atoms with van der Waals surface area (Å²) in [5, 5.41) is 3.16. The van der Waals surface area contributed by atoms with Crippen molar-refractivity contribution in [3.63, 3.8) is 0 Å². The Balaban J connectivity index is 1.87. The van der Waals surface area contributed by atoms with Crippen LogP contribution in [0, 0.1) is 11.7 Å². The van der Waals surface area contributed by atoms with Gasteiger partial charge in [0.25, 0.3) is 0 Å². The molecule has 1 aromatic rings. The number of nitrogens with one attached hydrogen (secondary N) is 1. The molecule has 0 aromatic heterocycles. The molecule has 0 bridgehead atoms. The first-order valence-corrected chi connectivity index (χ1v) is 7.81. The summed E-state index contributed by atoms with van der Waals surface area (Å²) >= 11 is 0. The summed E-state index contributed by atoms with van der Waals surface area (Å²) in [5.41, 5.74) is 0.961. The molecule has 0 saturated carbocycles. The largest absolute Gasteiger partial charge is 0.338 e. The van der Waals surface area contributed by atoms with E-state index in [0.717, 1.165) is 44.3 Å². The Morgan fingerprint density at radius 3 is 3.05 bits per heavy atom. The van der Waals surface area contributed by atoms with Gasteiger partial charge in [0.15, 0.2) is 0 Å². The van der Waals surface area contributed by atoms with Crippen molar-refractivity contribution in [3.05, 3.63) is 35.6 Å². The number of carbonyl (C=O) groups excluding carboxylic acids is 1. The van der Waals surface area contributed by atoms with E-state index in [4.69, 9.17) is 0 Å². The fourth-order valence-electron chi connectivity index (χ4n) is 3.06. The van der Waals surface area contributed by atoms with Gasteiger partial charge in [-0.2, -0.15) is 0 Å². The third kappa shape index (κ3) is 4.27. The highest BCUT2D eigenvalue weighted by Gasteiger charge is 2.30. The lowest BCUT2D eigenvalue weighted by atomic mass is 9.99. The van der Waals surface area contributed by atoms with Crippen LogP contribution in [0.5, 0.6) is 0 Å². The summed E-state index contributed by atoms with van der Waals surface area (Å²) < 4.78 is 13.1. The summed E-state index contributed by atoms with van der Waals surface area (Å²) in [6, 6.07) is 6.97. The Bertz CT molecular complexity index is 478. The first-order valence-electron chi connectivity index (χ1n) is 7.81. The maximum absolute atomic E-state index is 13.1. The predicted octanol–water partition coefficient (Wildman–Crippen LogP) is 2.60. The molecule has 1 aliphatic rings. The van der Waals surface area contributed by atoms with Gasteiger partial charge in [-0.1, -0.05) is 19.1 Å². The quantitative estimate of drug-likeness (QED) is 0.874. The highest BCUT2D eigenvalue weighted by molar-refractivity contribution is 5.79. The van der Waals surface area contributed by atoms with Crippen molar-refractivity contribution in [1.29, 1.82) is 0 Å². The number of carbonyl (C=O) groups is 1. The molecule has 21 heavy (non-hydrogen) atoms. The van der Waals surface area contributed by atoms with Crippen molar-refractivity contribution in [1.82, 2.24) is 10.2 Å². The molecule has 1 saturated heterocycles. The van der Waals surface area contributed by atoms with Gasteiger partial charge in [0.2, 0.25) is 5.91 Å². The van der Waals surface area contributed by atoms with Gasteiger partial charge < -0.3 is 10.2 Å². The summed E-state index contributed by atoms with van der Waals surface area (Å²) in [6.07, 6.45) is 3.69. The summed E-state index contributed by atoms with van der Waals surface area (Å²) in [7, 11) is 1.92. The van der Waals surface area contributed by atoms with Crippen molar-refractivity contribution in [3.8, 4) is 0 Å². The van der Waals surface area contributed by atoms with E-state index in [1.807, 2.05) is 24.9 Å². The van der Waals surface area contributed by atoms with Gasteiger partial charge in [0.1, 0.15) is 5.82 Å². The molecule has 1 aliphatic heterocycles. The summed E-state index contributed by atoms with van der Waals surface area (Å²) in [6.45, 7) is 3.72. The van der Waals surface area contributed by atoms with Crippen LogP contribution in [0.15, 0.2) is 24.3 Å². The molecule has 1 heterocycles. The van der Waals surface area contributed by atoms with Crippen LogP contribution in [0.2, 0.25) is 0 Å². The second-order valence-corrected chi connectivity index (χ2v) is 5.96. The molecule has 116 valence electrons. The molecule has 1 aromatic carbocycles. The van der Waals surface area contributed by atoms with E-state index in [9.17, 15) is 9.18 Å². The van der Waals surface area contributed by atoms with E-state index in [2.05, 4.69) is 5.32 Å². The number of rotatable bonds is 6. The molecule has 1 N–H and O–H groups in total. The first-order chi connectivity index (χ1) is 10.1. The van der Waals surface area contributed by atoms with Crippen molar-refractivity contribution in [2.45, 2.75) is 38.6 Å². The molecule has 2 atom stereocenters. The molecule has 1 amide bonds. The van der Waals surface area contributed by atoms with Gasteiger partial charge in [-0.15, -0.1) is 0 Å². The SMILES string of the molecule is CNCC1CCCN1C(=O)C(C)CCc1cccc(F)c1. The topological polar surface area (TPSA) is 32.3 Å². The van der Waals surface area contributed by atoms with Gasteiger partial charge in [-0.25, -0.2) is 4.39 Å². The third-order valence-electron chi connectivity index (χ3n) is 4.28. The van der Waals surface area contributed by atoms with Gasteiger partial charge in [-0.05, 0) is 50.4 Å². The Morgan fingerprint density at radius 2 is 2.33 bits per heavy atom. The zero-order valence-electron chi connectivity index (χ0n) is 12.9. The van der Waals surface area contributed by atoms with Crippen molar-refractivity contribution < 1.29 is 9.18 Å². The van der Waals surface area contributed by atoms with E-state index < -0.39 is 0 Å². The average molecular weight is 292 g/mol. The molecule has 0 aliphatic carbocycles. The smallest absolute Gasteiger partial charge is 0.225 e. The lowest BCUT2D eigenvalue weighted by molar-refractivity contribution is -0.135.